The minimum absolute atomic E-state index is 0. The predicted octanol–water partition coefficient (Wildman–Crippen LogP) is -1.08. The van der Waals surface area contributed by atoms with Crippen LogP contribution in [0.3, 0.4) is 0 Å². The van der Waals surface area contributed by atoms with E-state index in [9.17, 15) is 34.5 Å². The van der Waals surface area contributed by atoms with E-state index in [1.54, 1.807) is 0 Å². The molecule has 4 amide bonds. The van der Waals surface area contributed by atoms with Crippen molar-refractivity contribution in [1.82, 2.24) is 16.0 Å². The number of guanidine groups is 1. The highest BCUT2D eigenvalue weighted by Crippen LogP contribution is 2.24. The van der Waals surface area contributed by atoms with E-state index in [1.165, 1.54) is 42.5 Å². The number of aromatic hydroxyl groups is 2. The van der Waals surface area contributed by atoms with E-state index in [0.717, 1.165) is 0 Å². The second-order valence-corrected chi connectivity index (χ2v) is 7.01. The third kappa shape index (κ3) is 9.19. The third-order valence-electron chi connectivity index (χ3n) is 4.34. The number of rotatable bonds is 9. The van der Waals surface area contributed by atoms with Crippen LogP contribution in [0.15, 0.2) is 42.5 Å². The summed E-state index contributed by atoms with van der Waals surface area (Å²) in [4.78, 5) is 48.4. The molecule has 0 aliphatic heterocycles. The van der Waals surface area contributed by atoms with Gasteiger partial charge in [0.2, 0.25) is 17.7 Å². The van der Waals surface area contributed by atoms with Gasteiger partial charge in [-0.1, -0.05) is 6.07 Å². The maximum atomic E-state index is 12.2. The van der Waals surface area contributed by atoms with Crippen molar-refractivity contribution in [1.29, 1.82) is 5.41 Å². The number of aliphatic hydroxyl groups is 1. The molecule has 14 heteroatoms. The molecule has 0 saturated carbocycles. The number of phenols is 2. The average molecular weight is 509 g/mol. The van der Waals surface area contributed by atoms with E-state index in [0.29, 0.717) is 11.3 Å². The van der Waals surface area contributed by atoms with Gasteiger partial charge in [-0.05, 0) is 42.0 Å². The van der Waals surface area contributed by atoms with Crippen LogP contribution in [-0.4, -0.2) is 64.1 Å². The Kier molecular flexibility index (Phi) is 11.0. The van der Waals surface area contributed by atoms with E-state index in [-0.39, 0.29) is 36.1 Å². The number of halogens is 1. The summed E-state index contributed by atoms with van der Waals surface area (Å²) < 4.78 is 0. The first-order chi connectivity index (χ1) is 16.1. The van der Waals surface area contributed by atoms with Crippen molar-refractivity contribution in [2.24, 2.45) is 5.73 Å². The topological polar surface area (TPSA) is 227 Å². The maximum Gasteiger partial charge on any atom is 0.257 e. The van der Waals surface area contributed by atoms with Crippen LogP contribution in [0.4, 0.5) is 5.69 Å². The van der Waals surface area contributed by atoms with E-state index in [4.69, 9.17) is 11.1 Å². The number of nitrogens with one attached hydrogen (secondary N) is 5. The molecule has 0 bridgehead atoms. The van der Waals surface area contributed by atoms with Gasteiger partial charge in [-0.3, -0.25) is 29.9 Å². The molecule has 0 unspecified atom stereocenters. The molecule has 13 nitrogen and oxygen atoms in total. The van der Waals surface area contributed by atoms with E-state index in [1.807, 2.05) is 0 Å². The lowest BCUT2D eigenvalue weighted by molar-refractivity contribution is -0.130. The summed E-state index contributed by atoms with van der Waals surface area (Å²) in [5, 5.41) is 44.4. The van der Waals surface area contributed by atoms with Gasteiger partial charge in [-0.2, -0.15) is 0 Å². The Balaban J connectivity index is 0.00000612. The van der Waals surface area contributed by atoms with Crippen LogP contribution in [-0.2, 0) is 20.8 Å². The summed E-state index contributed by atoms with van der Waals surface area (Å²) in [6, 6.07) is 8.19. The van der Waals surface area contributed by atoms with Crippen molar-refractivity contribution in [3.63, 3.8) is 0 Å². The largest absolute Gasteiger partial charge is 0.504 e. The molecule has 1 atom stereocenters. The summed E-state index contributed by atoms with van der Waals surface area (Å²) in [5.74, 6) is -4.10. The molecule has 2 aromatic rings. The molecule has 188 valence electrons. The van der Waals surface area contributed by atoms with Gasteiger partial charge >= 0.3 is 0 Å². The summed E-state index contributed by atoms with van der Waals surface area (Å²) >= 11 is 0. The van der Waals surface area contributed by atoms with Crippen LogP contribution in [0.2, 0.25) is 0 Å². The Bertz CT molecular complexity index is 1090. The number of hydrogen-bond acceptors (Lipinski definition) is 8. The number of aliphatic hydroxyl groups excluding tert-OH is 1. The maximum absolute atomic E-state index is 12.2. The van der Waals surface area contributed by atoms with Crippen molar-refractivity contribution in [3.8, 4) is 11.5 Å². The zero-order chi connectivity index (χ0) is 25.3. The van der Waals surface area contributed by atoms with Crippen LogP contribution in [0.25, 0.3) is 0 Å². The number of benzene rings is 2. The van der Waals surface area contributed by atoms with Crippen molar-refractivity contribution in [2.75, 3.05) is 18.5 Å². The first-order valence-corrected chi connectivity index (χ1v) is 9.83. The highest BCUT2D eigenvalue weighted by Gasteiger charge is 2.21. The fourth-order valence-corrected chi connectivity index (χ4v) is 2.70. The summed E-state index contributed by atoms with van der Waals surface area (Å²) in [7, 11) is 0. The van der Waals surface area contributed by atoms with E-state index in [2.05, 4.69) is 21.3 Å². The average Bonchev–Trinajstić information content (AvgIpc) is 2.78. The van der Waals surface area contributed by atoms with Gasteiger partial charge in [0.1, 0.15) is 6.04 Å². The number of carbonyl (C=O) groups is 4. The molecule has 10 N–H and O–H groups in total. The van der Waals surface area contributed by atoms with Gasteiger partial charge in [-0.15, -0.1) is 12.4 Å². The number of phenolic OH excluding ortho intramolecular Hbond substituents is 2. The Morgan fingerprint density at radius 2 is 1.63 bits per heavy atom. The minimum Gasteiger partial charge on any atom is -0.504 e. The van der Waals surface area contributed by atoms with Gasteiger partial charge in [0, 0.05) is 11.3 Å². The monoisotopic (exact) mass is 508 g/mol. The summed E-state index contributed by atoms with van der Waals surface area (Å²) in [6.45, 7) is -1.34. The first kappa shape index (κ1) is 28.7. The summed E-state index contributed by atoms with van der Waals surface area (Å²) in [5.41, 5.74) is 6.18. The molecule has 0 heterocycles. The lowest BCUT2D eigenvalue weighted by Crippen LogP contribution is -2.51. The highest BCUT2D eigenvalue weighted by atomic mass is 35.5. The van der Waals surface area contributed by atoms with Crippen LogP contribution in [0.5, 0.6) is 11.5 Å². The van der Waals surface area contributed by atoms with Gasteiger partial charge in [0.15, 0.2) is 17.5 Å². The Morgan fingerprint density at radius 3 is 2.20 bits per heavy atom. The first-order valence-electron chi connectivity index (χ1n) is 9.83. The number of imide groups is 1. The second-order valence-electron chi connectivity index (χ2n) is 7.01. The van der Waals surface area contributed by atoms with Gasteiger partial charge in [0.25, 0.3) is 5.91 Å². The molecule has 0 aliphatic carbocycles. The normalized spacial score (nSPS) is 10.8. The number of carbonyl (C=O) groups excluding carboxylic acids is 4. The van der Waals surface area contributed by atoms with Crippen molar-refractivity contribution in [3.05, 3.63) is 53.6 Å². The Morgan fingerprint density at radius 1 is 0.971 bits per heavy atom. The lowest BCUT2D eigenvalue weighted by atomic mass is 10.1. The summed E-state index contributed by atoms with van der Waals surface area (Å²) in [6.07, 6.45) is -0.243. The third-order valence-corrected chi connectivity index (χ3v) is 4.34. The second kappa shape index (κ2) is 13.4. The van der Waals surface area contributed by atoms with Crippen LogP contribution >= 0.6 is 12.4 Å². The predicted molar refractivity (Wildman–Crippen MR) is 127 cm³/mol. The van der Waals surface area contributed by atoms with Crippen molar-refractivity contribution >= 4 is 47.7 Å². The number of anilines is 1. The number of hydrogen-bond donors (Lipinski definition) is 9. The van der Waals surface area contributed by atoms with Crippen LogP contribution < -0.4 is 27.0 Å². The number of amides is 4. The zero-order valence-electron chi connectivity index (χ0n) is 18.2. The fourth-order valence-electron chi connectivity index (χ4n) is 2.70. The molecule has 0 radical (unpaired) electrons. The van der Waals surface area contributed by atoms with Crippen LogP contribution in [0, 0.1) is 5.41 Å². The van der Waals surface area contributed by atoms with Gasteiger partial charge in [-0.25, -0.2) is 0 Å². The highest BCUT2D eigenvalue weighted by molar-refractivity contribution is 6.06. The molecule has 2 aromatic carbocycles. The molecular weight excluding hydrogens is 484 g/mol. The van der Waals surface area contributed by atoms with Crippen molar-refractivity contribution in [2.45, 2.75) is 12.5 Å². The fraction of sp³-hybridized carbons (Fsp3) is 0.190. The molecule has 0 aromatic heterocycles. The Hall–Kier alpha value is -4.36. The van der Waals surface area contributed by atoms with Gasteiger partial charge in [0.05, 0.1) is 19.6 Å². The molecular formula is C21H25ClN6O7. The number of nitrogens with two attached hydrogens (primary N) is 1. The lowest BCUT2D eigenvalue weighted by Gasteiger charge is -2.16. The van der Waals surface area contributed by atoms with E-state index >= 15 is 0 Å². The SMILES string of the molecule is Cl.N=C(N)Nc1ccc(C(=O)NC(=O)CNC(=O)[C@H](CO)NC(=O)Cc2ccc(O)c(O)c2)cc1. The molecule has 2 rings (SSSR count). The smallest absolute Gasteiger partial charge is 0.257 e. The molecule has 0 aliphatic rings. The Labute approximate surface area is 205 Å². The van der Waals surface area contributed by atoms with E-state index < -0.39 is 48.6 Å². The molecule has 0 saturated heterocycles. The minimum atomic E-state index is -1.36. The standard InChI is InChI=1S/C21H24N6O7.ClH/c22-21(23)25-13-4-2-12(3-5-13)19(33)27-18(32)9-24-20(34)14(10-28)26-17(31)8-11-1-6-15(29)16(30)7-11;/h1-7,14,28-30H,8-10H2,(H,24,34)(H,26,31)(H4,22,23,25)(H,27,32,33);1H/t14-;/m0./s1. The van der Waals surface area contributed by atoms with Crippen molar-refractivity contribution < 1.29 is 34.5 Å². The molecule has 35 heavy (non-hydrogen) atoms. The molecule has 0 fully saturated rings. The van der Waals surface area contributed by atoms with Crippen LogP contribution in [0.1, 0.15) is 15.9 Å². The zero-order valence-corrected chi connectivity index (χ0v) is 19.0. The molecule has 0 spiro atoms. The van der Waals surface area contributed by atoms with Gasteiger partial charge < -0.3 is 37.0 Å². The quantitative estimate of drug-likeness (QED) is 0.114.